The van der Waals surface area contributed by atoms with Gasteiger partial charge in [-0.05, 0) is 43.0 Å². The molecule has 7 nitrogen and oxygen atoms in total. The molecule has 0 aromatic heterocycles. The molecule has 1 unspecified atom stereocenters. The van der Waals surface area contributed by atoms with E-state index in [2.05, 4.69) is 0 Å². The summed E-state index contributed by atoms with van der Waals surface area (Å²) in [5.41, 5.74) is 3.79. The number of aliphatic imine (C=N–C) groups is 1. The van der Waals surface area contributed by atoms with Crippen molar-refractivity contribution in [3.63, 3.8) is 0 Å². The molecule has 0 amide bonds. The molecule has 7 heteroatoms. The summed E-state index contributed by atoms with van der Waals surface area (Å²) in [6, 6.07) is 13.5. The predicted molar refractivity (Wildman–Crippen MR) is 132 cm³/mol. The number of hydrogen-bond acceptors (Lipinski definition) is 7. The third-order valence-electron chi connectivity index (χ3n) is 6.61. The largest absolute Gasteiger partial charge is 0.493 e. The van der Waals surface area contributed by atoms with E-state index in [0.717, 1.165) is 23.2 Å². The van der Waals surface area contributed by atoms with Crippen molar-refractivity contribution in [1.82, 2.24) is 0 Å². The average Bonchev–Trinajstić information content (AvgIpc) is 2.87. The van der Waals surface area contributed by atoms with E-state index in [1.807, 2.05) is 37.3 Å². The lowest BCUT2D eigenvalue weighted by molar-refractivity contribution is -0.146. The smallest absolute Gasteiger partial charge is 0.315 e. The zero-order chi connectivity index (χ0) is 24.9. The summed E-state index contributed by atoms with van der Waals surface area (Å²) in [5.74, 6) is -0.282. The number of esters is 1. The van der Waals surface area contributed by atoms with Crippen molar-refractivity contribution in [2.45, 2.75) is 38.5 Å². The minimum absolute atomic E-state index is 0.0170. The maximum Gasteiger partial charge on any atom is 0.315 e. The van der Waals surface area contributed by atoms with Crippen LogP contribution in [0.5, 0.6) is 17.2 Å². The second-order valence-electron chi connectivity index (χ2n) is 8.71. The molecule has 0 spiro atoms. The molecular weight excluding hydrogens is 446 g/mol. The highest BCUT2D eigenvalue weighted by molar-refractivity contribution is 6.08. The summed E-state index contributed by atoms with van der Waals surface area (Å²) >= 11 is 0. The van der Waals surface area contributed by atoms with Crippen LogP contribution in [0.25, 0.3) is 0 Å². The predicted octanol–water partition coefficient (Wildman–Crippen LogP) is 4.68. The number of Topliss-reactive ketones (excluding diaryl/α,β-unsaturated/α-hetero) is 1. The van der Waals surface area contributed by atoms with Crippen LogP contribution in [0.15, 0.2) is 58.7 Å². The van der Waals surface area contributed by atoms with Gasteiger partial charge in [0.2, 0.25) is 5.75 Å². The molecule has 4 rings (SSSR count). The number of carbonyl (C=O) groups is 2. The van der Waals surface area contributed by atoms with Crippen LogP contribution < -0.4 is 14.2 Å². The lowest BCUT2D eigenvalue weighted by Crippen LogP contribution is -2.37. The number of benzene rings is 2. The number of nitrogens with zero attached hydrogens (tertiary/aromatic N) is 1. The Morgan fingerprint density at radius 1 is 1.00 bits per heavy atom. The summed E-state index contributed by atoms with van der Waals surface area (Å²) in [4.78, 5) is 31.3. The first-order chi connectivity index (χ1) is 17.0. The fraction of sp³-hybridized carbons (Fsp3) is 0.393. The van der Waals surface area contributed by atoms with Crippen LogP contribution in [-0.4, -0.2) is 45.4 Å². The Morgan fingerprint density at radius 3 is 2.31 bits per heavy atom. The molecule has 0 bridgehead atoms. The molecular formula is C28H31NO6. The van der Waals surface area contributed by atoms with E-state index in [-0.39, 0.29) is 12.4 Å². The Kier molecular flexibility index (Phi) is 7.54. The summed E-state index contributed by atoms with van der Waals surface area (Å²) < 4.78 is 22.3. The van der Waals surface area contributed by atoms with E-state index in [9.17, 15) is 9.59 Å². The van der Waals surface area contributed by atoms with E-state index in [0.29, 0.717) is 47.8 Å². The van der Waals surface area contributed by atoms with Crippen LogP contribution in [-0.2, 0) is 20.7 Å². The monoisotopic (exact) mass is 477 g/mol. The number of ether oxygens (including phenoxy) is 4. The number of hydrogen-bond donors (Lipinski definition) is 0. The van der Waals surface area contributed by atoms with Crippen LogP contribution in [0.4, 0.5) is 0 Å². The molecule has 0 radical (unpaired) electrons. The van der Waals surface area contributed by atoms with Crippen molar-refractivity contribution in [3.05, 3.63) is 64.9 Å². The number of allylic oxidation sites excluding steroid dienone is 2. The zero-order valence-corrected chi connectivity index (χ0v) is 20.6. The van der Waals surface area contributed by atoms with Gasteiger partial charge in [-0.1, -0.05) is 30.3 Å². The van der Waals surface area contributed by atoms with Gasteiger partial charge in [0.1, 0.15) is 5.92 Å². The summed E-state index contributed by atoms with van der Waals surface area (Å²) in [6.07, 6.45) is 2.50. The molecule has 1 aliphatic heterocycles. The Morgan fingerprint density at radius 2 is 1.69 bits per heavy atom. The van der Waals surface area contributed by atoms with Crippen LogP contribution in [0, 0.1) is 5.92 Å². The van der Waals surface area contributed by atoms with Crippen LogP contribution in [0.1, 0.15) is 43.2 Å². The average molecular weight is 478 g/mol. The quantitative estimate of drug-likeness (QED) is 0.514. The second kappa shape index (κ2) is 10.8. The van der Waals surface area contributed by atoms with E-state index < -0.39 is 17.8 Å². The highest BCUT2D eigenvalue weighted by atomic mass is 16.5. The van der Waals surface area contributed by atoms with Crippen molar-refractivity contribution >= 4 is 17.5 Å². The Hall–Kier alpha value is -3.61. The minimum atomic E-state index is -0.727. The van der Waals surface area contributed by atoms with Gasteiger partial charge in [0, 0.05) is 35.7 Å². The maximum absolute atomic E-state index is 13.5. The maximum atomic E-state index is 13.5. The molecule has 1 heterocycles. The molecule has 2 aromatic carbocycles. The number of ketones is 1. The van der Waals surface area contributed by atoms with Gasteiger partial charge >= 0.3 is 5.97 Å². The molecule has 2 aromatic rings. The minimum Gasteiger partial charge on any atom is -0.493 e. The summed E-state index contributed by atoms with van der Waals surface area (Å²) in [5, 5.41) is 0. The SMILES string of the molecule is COc1cc([C@H]2C3=C(CCCC3=O)N=C(C)C2C(=O)OCCc2ccccc2)cc(OC)c1OC. The zero-order valence-electron chi connectivity index (χ0n) is 20.6. The first kappa shape index (κ1) is 24.5. The highest BCUT2D eigenvalue weighted by Crippen LogP contribution is 2.47. The highest BCUT2D eigenvalue weighted by Gasteiger charge is 2.43. The second-order valence-corrected chi connectivity index (χ2v) is 8.71. The molecule has 0 saturated carbocycles. The molecule has 2 atom stereocenters. The van der Waals surface area contributed by atoms with Gasteiger partial charge in [0.05, 0.1) is 27.9 Å². The lowest BCUT2D eigenvalue weighted by atomic mass is 9.71. The van der Waals surface area contributed by atoms with Gasteiger partial charge in [0.15, 0.2) is 17.3 Å². The van der Waals surface area contributed by atoms with E-state index in [1.54, 1.807) is 26.4 Å². The van der Waals surface area contributed by atoms with Gasteiger partial charge in [-0.2, -0.15) is 0 Å². The van der Waals surface area contributed by atoms with Gasteiger partial charge < -0.3 is 18.9 Å². The van der Waals surface area contributed by atoms with Crippen LogP contribution >= 0.6 is 0 Å². The molecule has 0 fully saturated rings. The molecule has 2 aliphatic rings. The first-order valence-corrected chi connectivity index (χ1v) is 11.8. The molecule has 184 valence electrons. The Balaban J connectivity index is 1.73. The van der Waals surface area contributed by atoms with E-state index in [4.69, 9.17) is 23.9 Å². The Bertz CT molecular complexity index is 1140. The fourth-order valence-corrected chi connectivity index (χ4v) is 4.96. The number of carbonyl (C=O) groups excluding carboxylic acids is 2. The molecule has 1 aliphatic carbocycles. The van der Waals surface area contributed by atoms with Crippen molar-refractivity contribution in [2.75, 3.05) is 27.9 Å². The summed E-state index contributed by atoms with van der Waals surface area (Å²) in [7, 11) is 4.62. The number of methoxy groups -OCH3 is 3. The molecule has 0 saturated heterocycles. The first-order valence-electron chi connectivity index (χ1n) is 11.8. The standard InChI is InChI=1S/C28H31NO6/c1-17-24(28(31)35-14-13-18-9-6-5-7-10-18)25(26-20(29-17)11-8-12-21(26)30)19-15-22(32-2)27(34-4)23(16-19)33-3/h5-7,9-10,15-16,24-25H,8,11-14H2,1-4H3/t24?,25-/m1/s1. The van der Waals surface area contributed by atoms with E-state index in [1.165, 1.54) is 7.11 Å². The topological polar surface area (TPSA) is 83.4 Å². The fourth-order valence-electron chi connectivity index (χ4n) is 4.96. The van der Waals surface area contributed by atoms with E-state index >= 15 is 0 Å². The normalized spacial score (nSPS) is 19.5. The van der Waals surface area contributed by atoms with Crippen molar-refractivity contribution < 1.29 is 28.5 Å². The third-order valence-corrected chi connectivity index (χ3v) is 6.61. The van der Waals surface area contributed by atoms with Crippen molar-refractivity contribution in [2.24, 2.45) is 10.9 Å². The molecule has 0 N–H and O–H groups in total. The van der Waals surface area contributed by atoms with Gasteiger partial charge in [-0.25, -0.2) is 0 Å². The molecule has 35 heavy (non-hydrogen) atoms. The number of rotatable bonds is 8. The third kappa shape index (κ3) is 4.94. The Labute approximate surface area is 205 Å². The van der Waals surface area contributed by atoms with Crippen LogP contribution in [0.3, 0.4) is 0 Å². The van der Waals surface area contributed by atoms with Crippen molar-refractivity contribution in [3.8, 4) is 17.2 Å². The van der Waals surface area contributed by atoms with Crippen LogP contribution in [0.2, 0.25) is 0 Å². The summed E-state index contributed by atoms with van der Waals surface area (Å²) in [6.45, 7) is 2.07. The van der Waals surface area contributed by atoms with Gasteiger partial charge in [-0.15, -0.1) is 0 Å². The lowest BCUT2D eigenvalue weighted by Gasteiger charge is -2.34. The van der Waals surface area contributed by atoms with Crippen molar-refractivity contribution in [1.29, 1.82) is 0 Å². The van der Waals surface area contributed by atoms with Gasteiger partial charge in [0.25, 0.3) is 0 Å². The van der Waals surface area contributed by atoms with Gasteiger partial charge in [-0.3, -0.25) is 14.6 Å².